The molecule has 0 saturated carbocycles. The number of hydrogen-bond acceptors (Lipinski definition) is 5. The highest BCUT2D eigenvalue weighted by Crippen LogP contribution is 2.23. The molecule has 1 atom stereocenters. The van der Waals surface area contributed by atoms with Crippen LogP contribution >= 0.6 is 12.4 Å². The van der Waals surface area contributed by atoms with Gasteiger partial charge in [0.05, 0.1) is 12.0 Å². The summed E-state index contributed by atoms with van der Waals surface area (Å²) in [4.78, 5) is 11.3. The first-order chi connectivity index (χ1) is 10.6. The van der Waals surface area contributed by atoms with E-state index in [0.29, 0.717) is 6.42 Å². The van der Waals surface area contributed by atoms with Gasteiger partial charge >= 0.3 is 5.97 Å². The number of nitrogens with zero attached hydrogens (tertiary/aromatic N) is 1. The molecule has 0 aromatic heterocycles. The minimum atomic E-state index is -4.03. The Labute approximate surface area is 148 Å². The van der Waals surface area contributed by atoms with Crippen molar-refractivity contribution in [3.05, 3.63) is 29.6 Å². The maximum absolute atomic E-state index is 13.9. The van der Waals surface area contributed by atoms with Crippen molar-refractivity contribution >= 4 is 28.4 Å². The highest BCUT2D eigenvalue weighted by Gasteiger charge is 2.29. The van der Waals surface area contributed by atoms with Gasteiger partial charge in [0, 0.05) is 19.6 Å². The van der Waals surface area contributed by atoms with Crippen molar-refractivity contribution in [1.82, 2.24) is 4.31 Å². The van der Waals surface area contributed by atoms with E-state index < -0.39 is 32.3 Å². The maximum atomic E-state index is 13.9. The minimum Gasteiger partial charge on any atom is -0.465 e. The molecule has 0 spiro atoms. The predicted molar refractivity (Wildman–Crippen MR) is 92.2 cm³/mol. The van der Waals surface area contributed by atoms with Crippen LogP contribution in [0.25, 0.3) is 0 Å². The molecule has 24 heavy (non-hydrogen) atoms. The third-order valence-electron chi connectivity index (χ3n) is 3.69. The number of esters is 1. The van der Waals surface area contributed by atoms with Crippen LogP contribution in [0.15, 0.2) is 23.1 Å². The molecule has 0 aliphatic heterocycles. The first kappa shape index (κ1) is 22.8. The second-order valence-corrected chi connectivity index (χ2v) is 7.64. The van der Waals surface area contributed by atoms with Crippen molar-refractivity contribution in [2.45, 2.75) is 31.2 Å². The summed E-state index contributed by atoms with van der Waals surface area (Å²) in [6, 6.07) is 3.28. The molecule has 0 aliphatic carbocycles. The van der Waals surface area contributed by atoms with Crippen molar-refractivity contribution in [3.8, 4) is 0 Å². The van der Waals surface area contributed by atoms with E-state index in [0.717, 1.165) is 17.5 Å². The third-order valence-corrected chi connectivity index (χ3v) is 5.59. The van der Waals surface area contributed by atoms with E-state index in [1.165, 1.54) is 19.2 Å². The van der Waals surface area contributed by atoms with Crippen LogP contribution in [0.3, 0.4) is 0 Å². The molecule has 1 aromatic carbocycles. The number of carbonyl (C=O) groups is 1. The van der Waals surface area contributed by atoms with Gasteiger partial charge in [0.15, 0.2) is 0 Å². The van der Waals surface area contributed by atoms with Gasteiger partial charge in [-0.2, -0.15) is 0 Å². The van der Waals surface area contributed by atoms with Crippen LogP contribution in [0.5, 0.6) is 0 Å². The number of benzene rings is 1. The van der Waals surface area contributed by atoms with Crippen molar-refractivity contribution < 1.29 is 22.3 Å². The molecule has 6 nitrogen and oxygen atoms in total. The zero-order valence-corrected chi connectivity index (χ0v) is 15.8. The second kappa shape index (κ2) is 9.31. The van der Waals surface area contributed by atoms with Gasteiger partial charge in [-0.3, -0.25) is 0 Å². The highest BCUT2D eigenvalue weighted by atomic mass is 35.5. The Balaban J connectivity index is 0.00000529. The monoisotopic (exact) mass is 382 g/mol. The molecular formula is C15H24ClFN2O4S. The molecule has 138 valence electrons. The van der Waals surface area contributed by atoms with Gasteiger partial charge in [-0.25, -0.2) is 21.9 Å². The lowest BCUT2D eigenvalue weighted by molar-refractivity contribution is 0.0590. The van der Waals surface area contributed by atoms with E-state index in [4.69, 9.17) is 5.73 Å². The highest BCUT2D eigenvalue weighted by molar-refractivity contribution is 7.89. The molecule has 2 N–H and O–H groups in total. The van der Waals surface area contributed by atoms with E-state index in [1.807, 2.05) is 13.8 Å². The number of ether oxygens (including phenoxy) is 1. The van der Waals surface area contributed by atoms with Crippen LogP contribution in [-0.4, -0.2) is 45.4 Å². The predicted octanol–water partition coefficient (Wildman–Crippen LogP) is 2.03. The number of halogens is 2. The van der Waals surface area contributed by atoms with Crippen molar-refractivity contribution in [2.75, 3.05) is 20.7 Å². The van der Waals surface area contributed by atoms with Crippen LogP contribution in [0, 0.1) is 11.7 Å². The molecule has 0 amide bonds. The van der Waals surface area contributed by atoms with Crippen molar-refractivity contribution in [2.24, 2.45) is 11.7 Å². The smallest absolute Gasteiger partial charge is 0.342 e. The third kappa shape index (κ3) is 5.14. The van der Waals surface area contributed by atoms with E-state index >= 15 is 0 Å². The Bertz CT molecular complexity index is 667. The second-order valence-electron chi connectivity index (χ2n) is 5.63. The molecule has 0 fully saturated rings. The zero-order chi connectivity index (χ0) is 17.8. The van der Waals surface area contributed by atoms with Gasteiger partial charge in [-0.15, -0.1) is 12.4 Å². The Morgan fingerprint density at radius 3 is 2.46 bits per heavy atom. The summed E-state index contributed by atoms with van der Waals surface area (Å²) in [6.07, 6.45) is 0.455. The molecule has 0 bridgehead atoms. The first-order valence-corrected chi connectivity index (χ1v) is 8.65. The van der Waals surface area contributed by atoms with Gasteiger partial charge in [0.25, 0.3) is 0 Å². The van der Waals surface area contributed by atoms with Crippen molar-refractivity contribution in [3.63, 3.8) is 0 Å². The summed E-state index contributed by atoms with van der Waals surface area (Å²) in [5.41, 5.74) is 5.33. The lowest BCUT2D eigenvalue weighted by Gasteiger charge is -2.22. The minimum absolute atomic E-state index is 0. The van der Waals surface area contributed by atoms with E-state index in [9.17, 15) is 17.6 Å². The van der Waals surface area contributed by atoms with Crippen molar-refractivity contribution in [1.29, 1.82) is 0 Å². The zero-order valence-electron chi connectivity index (χ0n) is 14.2. The fourth-order valence-electron chi connectivity index (χ4n) is 1.97. The van der Waals surface area contributed by atoms with Gasteiger partial charge < -0.3 is 10.5 Å². The summed E-state index contributed by atoms with van der Waals surface area (Å²) in [6.45, 7) is 4.06. The van der Waals surface area contributed by atoms with E-state index in [-0.39, 0.29) is 30.9 Å². The number of sulfonamides is 1. The molecule has 1 aromatic rings. The van der Waals surface area contributed by atoms with Crippen LogP contribution in [0.4, 0.5) is 4.39 Å². The van der Waals surface area contributed by atoms with Gasteiger partial charge in [-0.1, -0.05) is 19.9 Å². The fourth-order valence-corrected chi connectivity index (χ4v) is 3.34. The van der Waals surface area contributed by atoms with Crippen LogP contribution in [-0.2, 0) is 14.8 Å². The number of hydrogen-bond donors (Lipinski definition) is 1. The van der Waals surface area contributed by atoms with Crippen LogP contribution in [0.1, 0.15) is 30.6 Å². The Morgan fingerprint density at radius 2 is 1.96 bits per heavy atom. The average Bonchev–Trinajstić information content (AvgIpc) is 2.50. The molecule has 1 rings (SSSR count). The Kier molecular flexibility index (Phi) is 8.84. The van der Waals surface area contributed by atoms with Crippen LogP contribution < -0.4 is 5.73 Å². The molecule has 9 heteroatoms. The summed E-state index contributed by atoms with van der Waals surface area (Å²) in [5, 5.41) is 0. The number of nitrogens with two attached hydrogens (primary N) is 1. The summed E-state index contributed by atoms with van der Waals surface area (Å²) in [5.74, 6) is -1.76. The standard InChI is InChI=1S/C15H23FN2O4S.ClH/c1-10(2)12(17)8-9-18(3)23(20,21)13-7-5-6-11(16)14(13)15(19)22-4;/h5-7,10,12H,8-9,17H2,1-4H3;1H. The number of methoxy groups -OCH3 is 1. The SMILES string of the molecule is COC(=O)c1c(F)cccc1S(=O)(=O)N(C)CCC(N)C(C)C.Cl. The summed E-state index contributed by atoms with van der Waals surface area (Å²) in [7, 11) is -1.60. The molecular weight excluding hydrogens is 359 g/mol. The Hall–Kier alpha value is -1.22. The average molecular weight is 383 g/mol. The maximum Gasteiger partial charge on any atom is 0.342 e. The number of carbonyl (C=O) groups excluding carboxylic acids is 1. The largest absolute Gasteiger partial charge is 0.465 e. The molecule has 0 aliphatic rings. The first-order valence-electron chi connectivity index (χ1n) is 7.21. The van der Waals surface area contributed by atoms with E-state index in [1.54, 1.807) is 0 Å². The molecule has 0 heterocycles. The summed E-state index contributed by atoms with van der Waals surface area (Å²) < 4.78 is 44.7. The van der Waals surface area contributed by atoms with E-state index in [2.05, 4.69) is 4.74 Å². The van der Waals surface area contributed by atoms with Crippen LogP contribution in [0.2, 0.25) is 0 Å². The lowest BCUT2D eigenvalue weighted by atomic mass is 10.0. The quantitative estimate of drug-likeness (QED) is 0.729. The fraction of sp³-hybridized carbons (Fsp3) is 0.533. The summed E-state index contributed by atoms with van der Waals surface area (Å²) >= 11 is 0. The normalized spacial score (nSPS) is 12.8. The lowest BCUT2D eigenvalue weighted by Crippen LogP contribution is -2.35. The molecule has 1 unspecified atom stereocenters. The van der Waals surface area contributed by atoms with Gasteiger partial charge in [0.1, 0.15) is 11.4 Å². The number of rotatable bonds is 7. The molecule has 0 saturated heterocycles. The molecule has 0 radical (unpaired) electrons. The van der Waals surface area contributed by atoms with Gasteiger partial charge in [-0.05, 0) is 24.5 Å². The van der Waals surface area contributed by atoms with Gasteiger partial charge in [0.2, 0.25) is 10.0 Å². The topological polar surface area (TPSA) is 89.7 Å². The Morgan fingerprint density at radius 1 is 1.38 bits per heavy atom.